The van der Waals surface area contributed by atoms with Gasteiger partial charge in [0.05, 0.1) is 7.11 Å². The molecule has 2 aromatic rings. The van der Waals surface area contributed by atoms with Crippen molar-refractivity contribution in [3.05, 3.63) is 41.8 Å². The van der Waals surface area contributed by atoms with E-state index in [9.17, 15) is 4.79 Å². The van der Waals surface area contributed by atoms with Crippen LogP contribution >= 0.6 is 11.3 Å². The normalized spacial score (nSPS) is 9.83. The Balaban J connectivity index is 1.81. The Morgan fingerprint density at radius 3 is 2.67 bits per heavy atom. The van der Waals surface area contributed by atoms with Crippen molar-refractivity contribution in [3.8, 4) is 10.8 Å². The highest BCUT2D eigenvalue weighted by molar-refractivity contribution is 7.11. The number of hydrogen-bond acceptors (Lipinski definition) is 5. The van der Waals surface area contributed by atoms with E-state index in [-0.39, 0.29) is 12.5 Å². The van der Waals surface area contributed by atoms with Gasteiger partial charge < -0.3 is 14.8 Å². The summed E-state index contributed by atoms with van der Waals surface area (Å²) >= 11 is 1.39. The van der Waals surface area contributed by atoms with E-state index in [0.29, 0.717) is 5.06 Å². The van der Waals surface area contributed by atoms with Crippen LogP contribution < -0.4 is 14.8 Å². The molecule has 4 nitrogen and oxygen atoms in total. The molecule has 1 N–H and O–H groups in total. The first-order valence-corrected chi connectivity index (χ1v) is 6.28. The number of anilines is 1. The van der Waals surface area contributed by atoms with E-state index in [1.807, 2.05) is 35.7 Å². The molecule has 0 unspecified atom stereocenters. The number of benzene rings is 1. The lowest BCUT2D eigenvalue weighted by Crippen LogP contribution is -2.18. The Kier molecular flexibility index (Phi) is 4.20. The third-order valence-corrected chi connectivity index (χ3v) is 2.98. The second-order valence-electron chi connectivity index (χ2n) is 3.49. The predicted molar refractivity (Wildman–Crippen MR) is 71.4 cm³/mol. The monoisotopic (exact) mass is 263 g/mol. The summed E-state index contributed by atoms with van der Waals surface area (Å²) in [7, 11) is 1.61. The standard InChI is InChI=1S/C13H13NO3S/c1-16-11-6-4-10(5-7-11)14-9-12(15)17-13-3-2-8-18-13/h2-8,14H,9H2,1H3. The van der Waals surface area contributed by atoms with E-state index in [4.69, 9.17) is 9.47 Å². The minimum Gasteiger partial charge on any atom is -0.497 e. The van der Waals surface area contributed by atoms with Gasteiger partial charge in [-0.2, -0.15) is 0 Å². The average Bonchev–Trinajstić information content (AvgIpc) is 2.90. The van der Waals surface area contributed by atoms with Crippen LogP contribution in [0.15, 0.2) is 41.8 Å². The molecule has 0 amide bonds. The zero-order valence-electron chi connectivity index (χ0n) is 9.88. The zero-order valence-corrected chi connectivity index (χ0v) is 10.7. The average molecular weight is 263 g/mol. The van der Waals surface area contributed by atoms with Gasteiger partial charge in [0.2, 0.25) is 0 Å². The lowest BCUT2D eigenvalue weighted by molar-refractivity contribution is -0.132. The van der Waals surface area contributed by atoms with Crippen LogP contribution in [-0.2, 0) is 4.79 Å². The first-order valence-electron chi connectivity index (χ1n) is 5.40. The van der Waals surface area contributed by atoms with Gasteiger partial charge in [0.25, 0.3) is 0 Å². The van der Waals surface area contributed by atoms with Crippen molar-refractivity contribution in [2.75, 3.05) is 19.0 Å². The molecule has 0 aliphatic heterocycles. The van der Waals surface area contributed by atoms with Gasteiger partial charge in [-0.15, -0.1) is 11.3 Å². The lowest BCUT2D eigenvalue weighted by atomic mass is 10.3. The summed E-state index contributed by atoms with van der Waals surface area (Å²) in [5, 5.41) is 5.45. The maximum Gasteiger partial charge on any atom is 0.331 e. The Morgan fingerprint density at radius 2 is 2.06 bits per heavy atom. The number of carbonyl (C=O) groups is 1. The smallest absolute Gasteiger partial charge is 0.331 e. The van der Waals surface area contributed by atoms with Crippen molar-refractivity contribution < 1.29 is 14.3 Å². The van der Waals surface area contributed by atoms with Crippen molar-refractivity contribution in [2.45, 2.75) is 0 Å². The highest BCUT2D eigenvalue weighted by atomic mass is 32.1. The summed E-state index contributed by atoms with van der Waals surface area (Å²) < 4.78 is 10.2. The van der Waals surface area contributed by atoms with Crippen LogP contribution in [0.3, 0.4) is 0 Å². The fourth-order valence-corrected chi connectivity index (χ4v) is 1.94. The SMILES string of the molecule is COc1ccc(NCC(=O)Oc2cccs2)cc1. The van der Waals surface area contributed by atoms with E-state index in [1.54, 1.807) is 13.2 Å². The number of rotatable bonds is 5. The van der Waals surface area contributed by atoms with Crippen molar-refractivity contribution in [1.82, 2.24) is 0 Å². The molecule has 1 aromatic heterocycles. The second-order valence-corrected chi connectivity index (χ2v) is 4.40. The quantitative estimate of drug-likeness (QED) is 0.843. The number of hydrogen-bond donors (Lipinski definition) is 1. The lowest BCUT2D eigenvalue weighted by Gasteiger charge is -2.06. The number of methoxy groups -OCH3 is 1. The van der Waals surface area contributed by atoms with E-state index in [2.05, 4.69) is 5.32 Å². The molecule has 0 spiro atoms. The van der Waals surface area contributed by atoms with Gasteiger partial charge in [-0.05, 0) is 41.8 Å². The van der Waals surface area contributed by atoms with Crippen molar-refractivity contribution in [2.24, 2.45) is 0 Å². The van der Waals surface area contributed by atoms with Crippen molar-refractivity contribution in [1.29, 1.82) is 0 Å². The van der Waals surface area contributed by atoms with Crippen LogP contribution in [0.25, 0.3) is 0 Å². The van der Waals surface area contributed by atoms with Crippen molar-refractivity contribution >= 4 is 23.0 Å². The van der Waals surface area contributed by atoms with E-state index < -0.39 is 0 Å². The first-order chi connectivity index (χ1) is 8.78. The van der Waals surface area contributed by atoms with Gasteiger partial charge in [-0.25, -0.2) is 4.79 Å². The molecular weight excluding hydrogens is 250 g/mol. The number of ether oxygens (including phenoxy) is 2. The molecule has 0 bridgehead atoms. The summed E-state index contributed by atoms with van der Waals surface area (Å²) in [6, 6.07) is 10.9. The number of thiophene rings is 1. The Morgan fingerprint density at radius 1 is 1.28 bits per heavy atom. The van der Waals surface area contributed by atoms with Crippen LogP contribution in [-0.4, -0.2) is 19.6 Å². The molecule has 0 saturated carbocycles. The fraction of sp³-hybridized carbons (Fsp3) is 0.154. The van der Waals surface area contributed by atoms with E-state index in [1.165, 1.54) is 11.3 Å². The molecule has 0 fully saturated rings. The molecule has 1 heterocycles. The number of nitrogens with one attached hydrogen (secondary N) is 1. The molecule has 0 aliphatic rings. The Bertz CT molecular complexity index is 493. The van der Waals surface area contributed by atoms with Crippen LogP contribution in [0.1, 0.15) is 0 Å². The third kappa shape index (κ3) is 3.49. The van der Waals surface area contributed by atoms with E-state index >= 15 is 0 Å². The minimum absolute atomic E-state index is 0.129. The van der Waals surface area contributed by atoms with Gasteiger partial charge in [0.1, 0.15) is 12.3 Å². The molecule has 94 valence electrons. The minimum atomic E-state index is -0.312. The molecular formula is C13H13NO3S. The van der Waals surface area contributed by atoms with Crippen LogP contribution in [0, 0.1) is 0 Å². The van der Waals surface area contributed by atoms with Gasteiger partial charge in [-0.3, -0.25) is 0 Å². The molecule has 0 atom stereocenters. The topological polar surface area (TPSA) is 47.6 Å². The van der Waals surface area contributed by atoms with Crippen LogP contribution in [0.2, 0.25) is 0 Å². The summed E-state index contributed by atoms with van der Waals surface area (Å²) in [6.07, 6.45) is 0. The largest absolute Gasteiger partial charge is 0.497 e. The predicted octanol–water partition coefficient (Wildman–Crippen LogP) is 2.77. The van der Waals surface area contributed by atoms with Gasteiger partial charge >= 0.3 is 5.97 Å². The maximum atomic E-state index is 11.5. The summed E-state index contributed by atoms with van der Waals surface area (Å²) in [5.41, 5.74) is 0.846. The maximum absolute atomic E-state index is 11.5. The molecule has 18 heavy (non-hydrogen) atoms. The van der Waals surface area contributed by atoms with Crippen LogP contribution in [0.5, 0.6) is 10.8 Å². The molecule has 2 rings (SSSR count). The molecule has 5 heteroatoms. The Hall–Kier alpha value is -2.01. The van der Waals surface area contributed by atoms with Gasteiger partial charge in [0.15, 0.2) is 5.06 Å². The molecule has 1 aromatic carbocycles. The third-order valence-electron chi connectivity index (χ3n) is 2.24. The zero-order chi connectivity index (χ0) is 12.8. The highest BCUT2D eigenvalue weighted by Crippen LogP contribution is 2.18. The van der Waals surface area contributed by atoms with Gasteiger partial charge in [0, 0.05) is 5.69 Å². The second kappa shape index (κ2) is 6.07. The molecule has 0 saturated heterocycles. The molecule has 0 aliphatic carbocycles. The first kappa shape index (κ1) is 12.4. The number of esters is 1. The fourth-order valence-electron chi connectivity index (χ4n) is 1.35. The summed E-state index contributed by atoms with van der Waals surface area (Å²) in [5.74, 6) is 0.468. The highest BCUT2D eigenvalue weighted by Gasteiger charge is 2.05. The van der Waals surface area contributed by atoms with E-state index in [0.717, 1.165) is 11.4 Å². The van der Waals surface area contributed by atoms with Gasteiger partial charge in [-0.1, -0.05) is 0 Å². The summed E-state index contributed by atoms with van der Waals surface area (Å²) in [6.45, 7) is 0.129. The summed E-state index contributed by atoms with van der Waals surface area (Å²) in [4.78, 5) is 11.5. The van der Waals surface area contributed by atoms with Crippen LogP contribution in [0.4, 0.5) is 5.69 Å². The van der Waals surface area contributed by atoms with Crippen molar-refractivity contribution in [3.63, 3.8) is 0 Å². The Labute approximate surface area is 109 Å². The number of carbonyl (C=O) groups excluding carboxylic acids is 1. The molecule has 0 radical (unpaired) electrons.